The molecule has 0 fully saturated rings. The number of rotatable bonds is 4. The zero-order valence-electron chi connectivity index (χ0n) is 13.7. The Bertz CT molecular complexity index is 490. The molecule has 0 saturated carbocycles. The molecule has 1 aromatic rings. The van der Waals surface area contributed by atoms with Crippen LogP contribution in [0.25, 0.3) is 0 Å². The predicted molar refractivity (Wildman–Crippen MR) is 86.0 cm³/mol. The molecule has 1 rings (SSSR count). The van der Waals surface area contributed by atoms with Gasteiger partial charge in [0.25, 0.3) is 0 Å². The first-order valence-corrected chi connectivity index (χ1v) is 8.18. The van der Waals surface area contributed by atoms with Crippen LogP contribution in [-0.2, 0) is 11.0 Å². The van der Waals surface area contributed by atoms with E-state index < -0.39 is 22.1 Å². The van der Waals surface area contributed by atoms with Crippen LogP contribution >= 0.6 is 0 Å². The van der Waals surface area contributed by atoms with Crippen molar-refractivity contribution >= 4 is 11.0 Å². The fourth-order valence-electron chi connectivity index (χ4n) is 1.39. The van der Waals surface area contributed by atoms with E-state index in [2.05, 4.69) is 9.46 Å². The molecule has 0 aliphatic carbocycles. The van der Waals surface area contributed by atoms with E-state index in [4.69, 9.17) is 0 Å². The summed E-state index contributed by atoms with van der Waals surface area (Å²) in [7, 11) is -1.31. The third kappa shape index (κ3) is 7.79. The summed E-state index contributed by atoms with van der Waals surface area (Å²) in [6.07, 6.45) is -4.72. The third-order valence-electron chi connectivity index (χ3n) is 2.43. The zero-order valence-corrected chi connectivity index (χ0v) is 14.6. The third-order valence-corrected chi connectivity index (χ3v) is 4.11. The largest absolute Gasteiger partial charge is 0.573 e. The highest BCUT2D eigenvalue weighted by molar-refractivity contribution is 7.84. The normalized spacial score (nSPS) is 14.6. The van der Waals surface area contributed by atoms with E-state index in [0.29, 0.717) is 5.56 Å². The van der Waals surface area contributed by atoms with E-state index in [1.54, 1.807) is 13.0 Å². The van der Waals surface area contributed by atoms with Gasteiger partial charge >= 0.3 is 6.36 Å². The van der Waals surface area contributed by atoms with Crippen molar-refractivity contribution in [1.82, 2.24) is 4.72 Å². The van der Waals surface area contributed by atoms with Crippen molar-refractivity contribution in [2.45, 2.75) is 58.7 Å². The van der Waals surface area contributed by atoms with Crippen LogP contribution in [0.4, 0.5) is 13.2 Å². The fraction of sp³-hybridized carbons (Fsp3) is 0.600. The minimum absolute atomic E-state index is 0. The lowest BCUT2D eigenvalue weighted by molar-refractivity contribution is -0.274. The molecule has 0 aromatic heterocycles. The van der Waals surface area contributed by atoms with Gasteiger partial charge in [0, 0.05) is 7.47 Å². The molecule has 0 unspecified atom stereocenters. The molecule has 1 N–H and O–H groups in total. The summed E-state index contributed by atoms with van der Waals surface area (Å²) in [4.78, 5) is 0. The number of alkyl halides is 3. The van der Waals surface area contributed by atoms with Gasteiger partial charge in [0.15, 0.2) is 0 Å². The minimum Gasteiger partial charge on any atom is -0.406 e. The van der Waals surface area contributed by atoms with Crippen LogP contribution in [0, 0.1) is 0 Å². The van der Waals surface area contributed by atoms with Crippen molar-refractivity contribution in [2.75, 3.05) is 0 Å². The van der Waals surface area contributed by atoms with Crippen LogP contribution in [0.3, 0.4) is 0 Å². The summed E-state index contributed by atoms with van der Waals surface area (Å²) in [5.74, 6) is -0.287. The first kappa shape index (κ1) is 20.9. The van der Waals surface area contributed by atoms with Crippen LogP contribution < -0.4 is 9.46 Å². The van der Waals surface area contributed by atoms with Crippen LogP contribution in [0.15, 0.2) is 24.3 Å². The van der Waals surface area contributed by atoms with Crippen molar-refractivity contribution in [3.63, 3.8) is 0 Å². The van der Waals surface area contributed by atoms with Gasteiger partial charge < -0.3 is 4.74 Å². The molecule has 0 spiro atoms. The Morgan fingerprint density at radius 3 is 2.23 bits per heavy atom. The molecule has 0 heterocycles. The number of hydrogen-bond donors (Lipinski definition) is 1. The summed E-state index contributed by atoms with van der Waals surface area (Å²) in [5.41, 5.74) is 0.573. The molecule has 130 valence electrons. The van der Waals surface area contributed by atoms with Crippen molar-refractivity contribution < 1.29 is 23.5 Å². The zero-order chi connectivity index (χ0) is 17.6. The molecule has 22 heavy (non-hydrogen) atoms. The van der Waals surface area contributed by atoms with Gasteiger partial charge in [0.05, 0.1) is 15.7 Å². The average Bonchev–Trinajstić information content (AvgIpc) is 2.38. The van der Waals surface area contributed by atoms with E-state index in [1.807, 2.05) is 34.6 Å². The minimum atomic E-state index is -4.72. The molecule has 3 nitrogen and oxygen atoms in total. The molecule has 0 amide bonds. The van der Waals surface area contributed by atoms with E-state index in [0.717, 1.165) is 0 Å². The highest BCUT2D eigenvalue weighted by Gasteiger charge is 2.31. The second-order valence-electron chi connectivity index (χ2n) is 5.34. The molecule has 0 saturated heterocycles. The maximum absolute atomic E-state index is 12.2. The summed E-state index contributed by atoms with van der Waals surface area (Å²) in [6, 6.07) is 5.27. The Balaban J connectivity index is 0. The van der Waals surface area contributed by atoms with Gasteiger partial charge in [0.1, 0.15) is 5.75 Å². The van der Waals surface area contributed by atoms with E-state index in [-0.39, 0.29) is 13.2 Å². The van der Waals surface area contributed by atoms with Crippen LogP contribution in [0.5, 0.6) is 5.75 Å². The summed E-state index contributed by atoms with van der Waals surface area (Å²) < 4.78 is 54.7. The molecule has 2 atom stereocenters. The topological polar surface area (TPSA) is 38.3 Å². The number of ether oxygens (including phenoxy) is 1. The van der Waals surface area contributed by atoms with Crippen molar-refractivity contribution in [3.8, 4) is 5.75 Å². The molecular weight excluding hydrogens is 315 g/mol. The van der Waals surface area contributed by atoms with Crippen LogP contribution in [0.2, 0.25) is 0 Å². The first-order valence-electron chi connectivity index (χ1n) is 7.03. The quantitative estimate of drug-likeness (QED) is 0.839. The average molecular weight is 341 g/mol. The van der Waals surface area contributed by atoms with Crippen molar-refractivity contribution in [1.29, 1.82) is 0 Å². The van der Waals surface area contributed by atoms with Gasteiger partial charge in [-0.3, -0.25) is 0 Å². The predicted octanol–water partition coefficient (Wildman–Crippen LogP) is 4.97. The molecular formula is C15H26F3NO2S. The van der Waals surface area contributed by atoms with E-state index >= 15 is 0 Å². The Kier molecular flexibility index (Phi) is 8.11. The Morgan fingerprint density at radius 1 is 1.23 bits per heavy atom. The van der Waals surface area contributed by atoms with Crippen LogP contribution in [0.1, 0.15) is 54.6 Å². The monoisotopic (exact) mass is 341 g/mol. The van der Waals surface area contributed by atoms with Gasteiger partial charge in [-0.15, -0.1) is 13.2 Å². The summed E-state index contributed by atoms with van der Waals surface area (Å²) in [6.45, 7) is 11.2. The molecule has 0 bridgehead atoms. The van der Waals surface area contributed by atoms with Gasteiger partial charge in [-0.2, -0.15) is 0 Å². The number of nitrogens with one attached hydrogen (secondary N) is 1. The SMILES string of the molecule is CC.C[C@H](N[S@@](=O)C(C)(C)C)c1cccc(OC(F)(F)F)c1.[HH]. The Morgan fingerprint density at radius 2 is 1.77 bits per heavy atom. The van der Waals surface area contributed by atoms with Crippen molar-refractivity contribution in [3.05, 3.63) is 29.8 Å². The van der Waals surface area contributed by atoms with E-state index in [9.17, 15) is 17.4 Å². The summed E-state index contributed by atoms with van der Waals surface area (Å²) in [5, 5.41) is 0. The maximum Gasteiger partial charge on any atom is 0.573 e. The molecule has 0 radical (unpaired) electrons. The standard InChI is InChI=1S/C13H18F3NO2S.C2H6.H2/c1-9(17-20(18)12(2,3)4)10-6-5-7-11(8-10)19-13(14,15)16;1-2;/h5-9,17H,1-4H3;1-2H3;1H/t9-,20-;;/m0../s1. The van der Waals surface area contributed by atoms with Crippen molar-refractivity contribution in [2.24, 2.45) is 0 Å². The van der Waals surface area contributed by atoms with E-state index in [1.165, 1.54) is 18.2 Å². The second kappa shape index (κ2) is 8.53. The Labute approximate surface area is 134 Å². The summed E-state index contributed by atoms with van der Waals surface area (Å²) >= 11 is 0. The smallest absolute Gasteiger partial charge is 0.406 e. The highest BCUT2D eigenvalue weighted by atomic mass is 32.2. The van der Waals surface area contributed by atoms with Gasteiger partial charge in [-0.1, -0.05) is 26.0 Å². The molecule has 7 heteroatoms. The first-order chi connectivity index (χ1) is 9.99. The lowest BCUT2D eigenvalue weighted by Crippen LogP contribution is -2.34. The van der Waals surface area contributed by atoms with Gasteiger partial charge in [-0.25, -0.2) is 8.93 Å². The Hall–Kier alpha value is -1.08. The number of halogens is 3. The highest BCUT2D eigenvalue weighted by Crippen LogP contribution is 2.26. The van der Waals surface area contributed by atoms with Gasteiger partial charge in [-0.05, 0) is 45.4 Å². The van der Waals surface area contributed by atoms with Gasteiger partial charge in [0.2, 0.25) is 0 Å². The number of hydrogen-bond acceptors (Lipinski definition) is 2. The molecule has 0 aliphatic rings. The molecule has 1 aromatic carbocycles. The maximum atomic E-state index is 12.2. The lowest BCUT2D eigenvalue weighted by atomic mass is 10.1. The second-order valence-corrected chi connectivity index (χ2v) is 7.34. The molecule has 0 aliphatic heterocycles. The fourth-order valence-corrected chi connectivity index (χ4v) is 2.20. The number of benzene rings is 1. The van der Waals surface area contributed by atoms with Crippen LogP contribution in [-0.4, -0.2) is 15.3 Å². The lowest BCUT2D eigenvalue weighted by Gasteiger charge is -2.22.